The fraction of sp³-hybridized carbons (Fsp3) is 0.650. The fourth-order valence-electron chi connectivity index (χ4n) is 3.97. The number of halogens is 1. The maximum atomic E-state index is 12.4. The van der Waals surface area contributed by atoms with Crippen molar-refractivity contribution < 1.29 is 14.3 Å². The third-order valence-corrected chi connectivity index (χ3v) is 5.55. The van der Waals surface area contributed by atoms with Gasteiger partial charge in [-0.25, -0.2) is 0 Å². The van der Waals surface area contributed by atoms with E-state index in [1.54, 1.807) is 14.2 Å². The molecule has 152 valence electrons. The smallest absolute Gasteiger partial charge is 0.223 e. The Morgan fingerprint density at radius 2 is 1.93 bits per heavy atom. The Bertz CT molecular complexity index is 606. The highest BCUT2D eigenvalue weighted by Gasteiger charge is 2.27. The highest BCUT2D eigenvalue weighted by molar-refractivity contribution is 5.85. The predicted octanol–water partition coefficient (Wildman–Crippen LogP) is 2.46. The Morgan fingerprint density at radius 3 is 2.56 bits per heavy atom. The molecule has 0 bridgehead atoms. The summed E-state index contributed by atoms with van der Waals surface area (Å²) in [5, 5.41) is 6.59. The van der Waals surface area contributed by atoms with E-state index in [0.717, 1.165) is 62.6 Å². The van der Waals surface area contributed by atoms with Gasteiger partial charge < -0.3 is 25.0 Å². The normalized spacial score (nSPS) is 24.9. The molecule has 2 aliphatic heterocycles. The lowest BCUT2D eigenvalue weighted by Gasteiger charge is -2.27. The average molecular weight is 398 g/mol. The molecule has 2 aliphatic rings. The Hall–Kier alpha value is -1.66. The van der Waals surface area contributed by atoms with Crippen LogP contribution in [0.1, 0.15) is 26.2 Å². The number of carbonyl (C=O) groups excluding carboxylic acids is 1. The molecule has 0 aromatic heterocycles. The van der Waals surface area contributed by atoms with Gasteiger partial charge in [0.05, 0.1) is 14.2 Å². The molecule has 2 heterocycles. The molecule has 27 heavy (non-hydrogen) atoms. The zero-order valence-electron chi connectivity index (χ0n) is 16.5. The fourth-order valence-corrected chi connectivity index (χ4v) is 3.97. The van der Waals surface area contributed by atoms with Gasteiger partial charge in [-0.2, -0.15) is 0 Å². The third kappa shape index (κ3) is 5.66. The van der Waals surface area contributed by atoms with Crippen molar-refractivity contribution in [1.82, 2.24) is 10.6 Å². The lowest BCUT2D eigenvalue weighted by molar-refractivity contribution is -0.126. The second-order valence-corrected chi connectivity index (χ2v) is 7.49. The monoisotopic (exact) mass is 397 g/mol. The van der Waals surface area contributed by atoms with Crippen LogP contribution in [0.2, 0.25) is 0 Å². The molecule has 3 rings (SSSR count). The zero-order valence-corrected chi connectivity index (χ0v) is 17.3. The summed E-state index contributed by atoms with van der Waals surface area (Å²) in [6.07, 6.45) is 2.96. The number of hydrogen-bond acceptors (Lipinski definition) is 5. The highest BCUT2D eigenvalue weighted by Crippen LogP contribution is 2.31. The number of nitrogens with zero attached hydrogens (tertiary/aromatic N) is 1. The molecule has 1 aromatic carbocycles. The second-order valence-electron chi connectivity index (χ2n) is 7.49. The lowest BCUT2D eigenvalue weighted by Crippen LogP contribution is -2.43. The number of benzene rings is 1. The van der Waals surface area contributed by atoms with Gasteiger partial charge in [0.25, 0.3) is 0 Å². The number of ether oxygens (including phenoxy) is 2. The molecule has 0 spiro atoms. The van der Waals surface area contributed by atoms with Gasteiger partial charge in [0.1, 0.15) is 11.5 Å². The van der Waals surface area contributed by atoms with E-state index in [2.05, 4.69) is 22.5 Å². The zero-order chi connectivity index (χ0) is 18.5. The number of amides is 1. The van der Waals surface area contributed by atoms with Crippen LogP contribution in [0.4, 0.5) is 5.69 Å². The Kier molecular flexibility index (Phi) is 8.05. The van der Waals surface area contributed by atoms with Crippen molar-refractivity contribution in [3.8, 4) is 11.5 Å². The van der Waals surface area contributed by atoms with Crippen molar-refractivity contribution >= 4 is 24.0 Å². The first-order chi connectivity index (χ1) is 12.6. The summed E-state index contributed by atoms with van der Waals surface area (Å²) in [6.45, 7) is 5.78. The highest BCUT2D eigenvalue weighted by atomic mass is 35.5. The number of piperidine rings is 1. The first-order valence-corrected chi connectivity index (χ1v) is 9.58. The summed E-state index contributed by atoms with van der Waals surface area (Å²) in [7, 11) is 3.34. The van der Waals surface area contributed by atoms with Crippen LogP contribution in [0.15, 0.2) is 18.2 Å². The summed E-state index contributed by atoms with van der Waals surface area (Å²) in [5.74, 6) is 2.47. The van der Waals surface area contributed by atoms with Crippen LogP contribution in [0.25, 0.3) is 0 Å². The van der Waals surface area contributed by atoms with Crippen LogP contribution in [0.3, 0.4) is 0 Å². The first-order valence-electron chi connectivity index (χ1n) is 9.58. The average Bonchev–Trinajstić information content (AvgIpc) is 3.14. The standard InChI is InChI=1S/C20H31N3O3.ClH/c1-14-8-16(4-6-21-14)20(24)22-12-15-5-7-23(13-15)17-9-18(25-2)11-19(10-17)26-3;/h9-11,14-16,21H,4-8,12-13H2,1-3H3,(H,22,24);1H/t14-,15?,16-;/m0./s1. The van der Waals surface area contributed by atoms with Crippen molar-refractivity contribution in [3.63, 3.8) is 0 Å². The molecule has 2 fully saturated rings. The molecule has 0 aliphatic carbocycles. The largest absolute Gasteiger partial charge is 0.497 e. The summed E-state index contributed by atoms with van der Waals surface area (Å²) in [4.78, 5) is 14.8. The predicted molar refractivity (Wildman–Crippen MR) is 110 cm³/mol. The number of rotatable bonds is 6. The molecule has 2 N–H and O–H groups in total. The van der Waals surface area contributed by atoms with Gasteiger partial charge in [-0.1, -0.05) is 0 Å². The van der Waals surface area contributed by atoms with Crippen LogP contribution in [0.5, 0.6) is 11.5 Å². The molecule has 1 aromatic rings. The van der Waals surface area contributed by atoms with Gasteiger partial charge in [-0.3, -0.25) is 4.79 Å². The van der Waals surface area contributed by atoms with Gasteiger partial charge in [0.15, 0.2) is 0 Å². The van der Waals surface area contributed by atoms with Crippen LogP contribution >= 0.6 is 12.4 Å². The Balaban J connectivity index is 0.00000261. The summed E-state index contributed by atoms with van der Waals surface area (Å²) >= 11 is 0. The van der Waals surface area contributed by atoms with Crippen molar-refractivity contribution in [2.75, 3.05) is 45.3 Å². The number of methoxy groups -OCH3 is 2. The number of carbonyl (C=O) groups is 1. The van der Waals surface area contributed by atoms with E-state index in [0.29, 0.717) is 12.0 Å². The lowest BCUT2D eigenvalue weighted by atomic mass is 9.92. The molecule has 7 heteroatoms. The maximum Gasteiger partial charge on any atom is 0.223 e. The van der Waals surface area contributed by atoms with Gasteiger partial charge in [-0.05, 0) is 38.6 Å². The summed E-state index contributed by atoms with van der Waals surface area (Å²) < 4.78 is 10.7. The quantitative estimate of drug-likeness (QED) is 0.772. The Morgan fingerprint density at radius 1 is 1.22 bits per heavy atom. The maximum absolute atomic E-state index is 12.4. The molecule has 0 saturated carbocycles. The third-order valence-electron chi connectivity index (χ3n) is 5.55. The van der Waals surface area contributed by atoms with Crippen molar-refractivity contribution in [2.45, 2.75) is 32.2 Å². The molecule has 6 nitrogen and oxygen atoms in total. The minimum Gasteiger partial charge on any atom is -0.497 e. The SMILES string of the molecule is COc1cc(OC)cc(N2CCC(CNC(=O)[C@H]3CCN[C@@H](C)C3)C2)c1.Cl. The second kappa shape index (κ2) is 10.0. The van der Waals surface area contributed by atoms with Crippen LogP contribution in [0, 0.1) is 11.8 Å². The molecule has 0 radical (unpaired) electrons. The minimum atomic E-state index is 0. The topological polar surface area (TPSA) is 62.8 Å². The van der Waals surface area contributed by atoms with Crippen LogP contribution in [-0.2, 0) is 4.79 Å². The van der Waals surface area contributed by atoms with E-state index in [-0.39, 0.29) is 24.2 Å². The van der Waals surface area contributed by atoms with E-state index in [4.69, 9.17) is 9.47 Å². The van der Waals surface area contributed by atoms with E-state index in [9.17, 15) is 4.79 Å². The Labute approximate surface area is 168 Å². The van der Waals surface area contributed by atoms with Crippen molar-refractivity contribution in [1.29, 1.82) is 0 Å². The van der Waals surface area contributed by atoms with Crippen molar-refractivity contribution in [3.05, 3.63) is 18.2 Å². The van der Waals surface area contributed by atoms with E-state index < -0.39 is 0 Å². The first kappa shape index (κ1) is 21.6. The summed E-state index contributed by atoms with van der Waals surface area (Å²) in [6, 6.07) is 6.40. The number of nitrogens with one attached hydrogen (secondary N) is 2. The summed E-state index contributed by atoms with van der Waals surface area (Å²) in [5.41, 5.74) is 1.11. The van der Waals surface area contributed by atoms with Gasteiger partial charge >= 0.3 is 0 Å². The van der Waals surface area contributed by atoms with Gasteiger partial charge in [-0.15, -0.1) is 12.4 Å². The van der Waals surface area contributed by atoms with Gasteiger partial charge in [0.2, 0.25) is 5.91 Å². The van der Waals surface area contributed by atoms with Crippen molar-refractivity contribution in [2.24, 2.45) is 11.8 Å². The van der Waals surface area contributed by atoms with E-state index >= 15 is 0 Å². The number of anilines is 1. The molecule has 2 saturated heterocycles. The molecule has 1 amide bonds. The van der Waals surface area contributed by atoms with Crippen LogP contribution < -0.4 is 25.0 Å². The molecule has 1 unspecified atom stereocenters. The molecular weight excluding hydrogens is 366 g/mol. The van der Waals surface area contributed by atoms with Crippen LogP contribution in [-0.4, -0.2) is 52.3 Å². The minimum absolute atomic E-state index is 0. The van der Waals surface area contributed by atoms with Gasteiger partial charge in [0, 0.05) is 55.5 Å². The van der Waals surface area contributed by atoms with E-state index in [1.807, 2.05) is 18.2 Å². The number of hydrogen-bond donors (Lipinski definition) is 2. The molecular formula is C20H32ClN3O3. The van der Waals surface area contributed by atoms with E-state index in [1.165, 1.54) is 0 Å². The molecule has 3 atom stereocenters.